The summed E-state index contributed by atoms with van der Waals surface area (Å²) in [5.41, 5.74) is 6.06. The zero-order valence-electron chi connectivity index (χ0n) is 16.1. The fraction of sp³-hybridized carbons (Fsp3) is 0.429. The predicted molar refractivity (Wildman–Crippen MR) is 110 cm³/mol. The highest BCUT2D eigenvalue weighted by Crippen LogP contribution is 2.30. The van der Waals surface area contributed by atoms with Crippen LogP contribution in [-0.4, -0.2) is 24.9 Å². The van der Waals surface area contributed by atoms with Gasteiger partial charge in [0, 0.05) is 17.4 Å². The first-order chi connectivity index (χ1) is 12.9. The summed E-state index contributed by atoms with van der Waals surface area (Å²) in [4.78, 5) is 5.11. The van der Waals surface area contributed by atoms with Gasteiger partial charge in [0.2, 0.25) is 0 Å². The van der Waals surface area contributed by atoms with Gasteiger partial charge in [-0.25, -0.2) is 5.48 Å². The molecule has 0 aliphatic carbocycles. The average molecular weight is 395 g/mol. The average Bonchev–Trinajstić information content (AvgIpc) is 2.65. The van der Waals surface area contributed by atoms with Crippen LogP contribution in [0.1, 0.15) is 31.9 Å². The zero-order valence-corrected chi connectivity index (χ0v) is 16.9. The maximum absolute atomic E-state index is 14.3. The highest BCUT2D eigenvalue weighted by Gasteiger charge is 2.31. The first-order valence-electron chi connectivity index (χ1n) is 9.23. The molecule has 0 aliphatic heterocycles. The topological polar surface area (TPSA) is 33.3 Å². The van der Waals surface area contributed by atoms with E-state index in [1.807, 2.05) is 32.9 Å². The Balaban J connectivity index is 1.96. The molecule has 0 heterocycles. The summed E-state index contributed by atoms with van der Waals surface area (Å²) in [6, 6.07) is 14.7. The number of hydroxylamine groups is 1. The minimum atomic E-state index is -2.89. The minimum Gasteiger partial charge on any atom is -0.302 e. The van der Waals surface area contributed by atoms with E-state index in [0.717, 1.165) is 24.1 Å². The van der Waals surface area contributed by atoms with Crippen LogP contribution in [0.25, 0.3) is 11.1 Å². The lowest BCUT2D eigenvalue weighted by Gasteiger charge is -2.18. The highest BCUT2D eigenvalue weighted by atomic mass is 32.2. The molecule has 2 aromatic rings. The van der Waals surface area contributed by atoms with Crippen LogP contribution in [0, 0.1) is 0 Å². The molecular formula is C21H28F2N2OS. The lowest BCUT2D eigenvalue weighted by atomic mass is 10.00. The maximum Gasteiger partial charge on any atom is 0.286 e. The van der Waals surface area contributed by atoms with Gasteiger partial charge < -0.3 is 4.84 Å². The predicted octanol–water partition coefficient (Wildman–Crippen LogP) is 5.18. The van der Waals surface area contributed by atoms with Gasteiger partial charge in [0.05, 0.1) is 13.2 Å². The van der Waals surface area contributed by atoms with Crippen molar-refractivity contribution in [3.05, 3.63) is 59.7 Å². The first-order valence-corrected chi connectivity index (χ1v) is 10.1. The van der Waals surface area contributed by atoms with Crippen LogP contribution in [0.15, 0.2) is 48.5 Å². The van der Waals surface area contributed by atoms with Crippen LogP contribution < -0.4 is 10.2 Å². The van der Waals surface area contributed by atoms with E-state index in [0.29, 0.717) is 6.61 Å². The molecule has 2 aromatic carbocycles. The highest BCUT2D eigenvalue weighted by molar-refractivity contribution is 7.97. The Morgan fingerprint density at radius 3 is 2.15 bits per heavy atom. The Bertz CT molecular complexity index is 676. The molecule has 0 aromatic heterocycles. The largest absolute Gasteiger partial charge is 0.302 e. The molecule has 0 amide bonds. The van der Waals surface area contributed by atoms with Crippen molar-refractivity contribution >= 4 is 11.9 Å². The second kappa shape index (κ2) is 10.8. The number of benzene rings is 2. The van der Waals surface area contributed by atoms with Crippen molar-refractivity contribution in [2.24, 2.45) is 0 Å². The molecular weight excluding hydrogens is 366 g/mol. The number of halogens is 2. The molecule has 3 nitrogen and oxygen atoms in total. The lowest BCUT2D eigenvalue weighted by molar-refractivity contribution is 0.00275. The summed E-state index contributed by atoms with van der Waals surface area (Å²) in [5, 5.41) is 0.265. The van der Waals surface area contributed by atoms with Crippen LogP contribution in [0.5, 0.6) is 0 Å². The number of hydrogen-bond donors (Lipinski definition) is 2. The van der Waals surface area contributed by atoms with Crippen LogP contribution in [-0.2, 0) is 17.2 Å². The summed E-state index contributed by atoms with van der Waals surface area (Å²) in [6.07, 6.45) is 0.868. The van der Waals surface area contributed by atoms with Gasteiger partial charge in [-0.05, 0) is 30.0 Å². The quantitative estimate of drug-likeness (QED) is 0.313. The molecule has 2 rings (SSSR count). The third-order valence-corrected chi connectivity index (χ3v) is 4.75. The van der Waals surface area contributed by atoms with Gasteiger partial charge in [0.1, 0.15) is 0 Å². The third kappa shape index (κ3) is 7.22. The normalized spacial score (nSPS) is 11.9. The van der Waals surface area contributed by atoms with Gasteiger partial charge in [0.25, 0.3) is 5.92 Å². The molecule has 0 spiro atoms. The van der Waals surface area contributed by atoms with Crippen LogP contribution in [0.2, 0.25) is 0 Å². The molecule has 27 heavy (non-hydrogen) atoms. The molecule has 148 valence electrons. The molecule has 0 fully saturated rings. The minimum absolute atomic E-state index is 0.0294. The SMILES string of the molecule is CCONCCc1ccc(-c2ccc(C(F)(F)CNSC(C)C)cc2)cc1. The van der Waals surface area contributed by atoms with Crippen molar-refractivity contribution in [3.63, 3.8) is 0 Å². The van der Waals surface area contributed by atoms with Gasteiger partial charge >= 0.3 is 0 Å². The fourth-order valence-electron chi connectivity index (χ4n) is 2.54. The van der Waals surface area contributed by atoms with Gasteiger partial charge in [-0.3, -0.25) is 4.72 Å². The Morgan fingerprint density at radius 2 is 1.59 bits per heavy atom. The van der Waals surface area contributed by atoms with Crippen molar-refractivity contribution in [2.75, 3.05) is 19.7 Å². The zero-order chi connectivity index (χ0) is 19.7. The number of rotatable bonds is 11. The molecule has 0 radical (unpaired) electrons. The molecule has 0 atom stereocenters. The van der Waals surface area contributed by atoms with E-state index in [-0.39, 0.29) is 17.4 Å². The molecule has 0 aliphatic rings. The van der Waals surface area contributed by atoms with Gasteiger partial charge in [-0.1, -0.05) is 74.3 Å². The van der Waals surface area contributed by atoms with E-state index in [2.05, 4.69) is 22.3 Å². The van der Waals surface area contributed by atoms with E-state index in [4.69, 9.17) is 4.84 Å². The summed E-state index contributed by atoms with van der Waals surface area (Å²) in [7, 11) is 0. The van der Waals surface area contributed by atoms with Gasteiger partial charge in [-0.15, -0.1) is 0 Å². The molecule has 0 unspecified atom stereocenters. The van der Waals surface area contributed by atoms with E-state index in [9.17, 15) is 8.78 Å². The molecule has 6 heteroatoms. The monoisotopic (exact) mass is 394 g/mol. The van der Waals surface area contributed by atoms with E-state index in [1.54, 1.807) is 12.1 Å². The van der Waals surface area contributed by atoms with Crippen molar-refractivity contribution in [1.29, 1.82) is 0 Å². The second-order valence-corrected chi connectivity index (χ2v) is 8.01. The summed E-state index contributed by atoms with van der Waals surface area (Å²) < 4.78 is 31.3. The van der Waals surface area contributed by atoms with E-state index >= 15 is 0 Å². The Morgan fingerprint density at radius 1 is 1.00 bits per heavy atom. The van der Waals surface area contributed by atoms with Crippen molar-refractivity contribution in [3.8, 4) is 11.1 Å². The maximum atomic E-state index is 14.3. The molecule has 0 saturated heterocycles. The van der Waals surface area contributed by atoms with Crippen LogP contribution >= 0.6 is 11.9 Å². The number of alkyl halides is 2. The summed E-state index contributed by atoms with van der Waals surface area (Å²) in [5.74, 6) is -2.89. The molecule has 0 bridgehead atoms. The van der Waals surface area contributed by atoms with E-state index in [1.165, 1.54) is 29.6 Å². The fourth-order valence-corrected chi connectivity index (χ4v) is 3.14. The molecule has 0 saturated carbocycles. The van der Waals surface area contributed by atoms with E-state index < -0.39 is 5.92 Å². The van der Waals surface area contributed by atoms with Crippen LogP contribution in [0.4, 0.5) is 8.78 Å². The van der Waals surface area contributed by atoms with Crippen LogP contribution in [0.3, 0.4) is 0 Å². The lowest BCUT2D eigenvalue weighted by Crippen LogP contribution is -2.27. The Kier molecular flexibility index (Phi) is 8.70. The smallest absolute Gasteiger partial charge is 0.286 e. The van der Waals surface area contributed by atoms with Crippen molar-refractivity contribution in [1.82, 2.24) is 10.2 Å². The number of nitrogens with one attached hydrogen (secondary N) is 2. The van der Waals surface area contributed by atoms with Crippen molar-refractivity contribution in [2.45, 2.75) is 38.4 Å². The third-order valence-electron chi connectivity index (χ3n) is 3.97. The number of hydrogen-bond acceptors (Lipinski definition) is 4. The van der Waals surface area contributed by atoms with Gasteiger partial charge in [-0.2, -0.15) is 8.78 Å². The summed E-state index contributed by atoms with van der Waals surface area (Å²) in [6.45, 7) is 6.88. The second-order valence-electron chi connectivity index (χ2n) is 6.54. The summed E-state index contributed by atoms with van der Waals surface area (Å²) >= 11 is 1.32. The molecule has 2 N–H and O–H groups in total. The Hall–Kier alpha value is -1.47. The Labute approximate surface area is 165 Å². The first kappa shape index (κ1) is 21.8. The van der Waals surface area contributed by atoms with Gasteiger partial charge in [0.15, 0.2) is 0 Å². The standard InChI is InChI=1S/C21H28F2N2OS/c1-4-26-24-14-13-17-5-7-18(8-6-17)19-9-11-20(12-10-19)21(22,23)15-25-27-16(2)3/h5-12,16,24-25H,4,13-15H2,1-3H3. The van der Waals surface area contributed by atoms with Crippen molar-refractivity contribution < 1.29 is 13.6 Å².